The third-order valence-electron chi connectivity index (χ3n) is 4.34. The molecule has 1 heterocycles. The van der Waals surface area contributed by atoms with Crippen LogP contribution in [0.3, 0.4) is 0 Å². The van der Waals surface area contributed by atoms with Gasteiger partial charge in [0.15, 0.2) is 5.96 Å². The summed E-state index contributed by atoms with van der Waals surface area (Å²) in [6, 6.07) is 6.76. The number of alkyl halides is 2. The van der Waals surface area contributed by atoms with Crippen LogP contribution in [0.15, 0.2) is 29.3 Å². The molecule has 1 aliphatic heterocycles. The quantitative estimate of drug-likeness (QED) is 0.356. The van der Waals surface area contributed by atoms with Gasteiger partial charge in [-0.3, -0.25) is 0 Å². The zero-order valence-electron chi connectivity index (χ0n) is 15.4. The fraction of sp³-hybridized carbons (Fsp3) is 0.611. The maximum atomic E-state index is 12.5. The number of aliphatic imine (C=N–C) groups is 1. The van der Waals surface area contributed by atoms with Gasteiger partial charge in [-0.25, -0.2) is 4.99 Å². The van der Waals surface area contributed by atoms with E-state index in [0.29, 0.717) is 17.4 Å². The van der Waals surface area contributed by atoms with Gasteiger partial charge in [0.25, 0.3) is 0 Å². The second kappa shape index (κ2) is 12.3. The highest BCUT2D eigenvalue weighted by Gasteiger charge is 2.16. The van der Waals surface area contributed by atoms with Crippen molar-refractivity contribution in [3.05, 3.63) is 29.8 Å². The summed E-state index contributed by atoms with van der Waals surface area (Å²) in [7, 11) is 2.15. The lowest BCUT2D eigenvalue weighted by Gasteiger charge is -2.29. The number of nitrogens with one attached hydrogen (secondary N) is 2. The predicted octanol–water partition coefficient (Wildman–Crippen LogP) is 3.30. The first kappa shape index (κ1) is 22.9. The zero-order valence-corrected chi connectivity index (χ0v) is 17.7. The van der Waals surface area contributed by atoms with Crippen LogP contribution >= 0.6 is 24.0 Å². The number of benzene rings is 1. The monoisotopic (exact) mass is 482 g/mol. The molecule has 0 spiro atoms. The number of nitrogens with zero attached hydrogens (tertiary/aromatic N) is 2. The van der Waals surface area contributed by atoms with Crippen molar-refractivity contribution in [3.8, 4) is 5.75 Å². The van der Waals surface area contributed by atoms with E-state index < -0.39 is 6.61 Å². The third-order valence-corrected chi connectivity index (χ3v) is 4.34. The van der Waals surface area contributed by atoms with Crippen molar-refractivity contribution in [1.29, 1.82) is 0 Å². The molecule has 8 heteroatoms. The summed E-state index contributed by atoms with van der Waals surface area (Å²) in [5.41, 5.74) is 0.638. The first-order valence-electron chi connectivity index (χ1n) is 8.82. The SMILES string of the molecule is CCNC(=NCc1ccccc1OC(F)F)NCC1CCN(C)CC1.I. The molecule has 0 aromatic heterocycles. The molecule has 2 rings (SSSR count). The molecule has 2 N–H and O–H groups in total. The van der Waals surface area contributed by atoms with Crippen molar-refractivity contribution >= 4 is 29.9 Å². The smallest absolute Gasteiger partial charge is 0.387 e. The molecule has 0 unspecified atom stereocenters. The average molecular weight is 482 g/mol. The molecule has 0 saturated carbocycles. The van der Waals surface area contributed by atoms with E-state index in [1.165, 1.54) is 18.9 Å². The standard InChI is InChI=1S/C18H28F2N4O.HI/c1-3-21-18(22-12-14-8-10-24(2)11-9-14)23-13-15-6-4-5-7-16(15)25-17(19)20;/h4-7,14,17H,3,8-13H2,1-2H3,(H2,21,22,23);1H. The Hall–Kier alpha value is -1.16. The number of halogens is 3. The van der Waals surface area contributed by atoms with Gasteiger partial charge < -0.3 is 20.3 Å². The fourth-order valence-corrected chi connectivity index (χ4v) is 2.86. The van der Waals surface area contributed by atoms with Gasteiger partial charge in [0.2, 0.25) is 0 Å². The number of guanidine groups is 1. The third kappa shape index (κ3) is 8.03. The summed E-state index contributed by atoms with van der Waals surface area (Å²) >= 11 is 0. The summed E-state index contributed by atoms with van der Waals surface area (Å²) in [6.07, 6.45) is 2.35. The number of ether oxygens (including phenoxy) is 1. The zero-order chi connectivity index (χ0) is 18.1. The second-order valence-corrected chi connectivity index (χ2v) is 6.31. The van der Waals surface area contributed by atoms with Crippen LogP contribution in [-0.4, -0.2) is 50.7 Å². The van der Waals surface area contributed by atoms with E-state index >= 15 is 0 Å². The molecule has 1 fully saturated rings. The topological polar surface area (TPSA) is 48.9 Å². The summed E-state index contributed by atoms with van der Waals surface area (Å²) < 4.78 is 29.5. The summed E-state index contributed by atoms with van der Waals surface area (Å²) in [5, 5.41) is 6.57. The summed E-state index contributed by atoms with van der Waals surface area (Å²) in [6.45, 7) is 3.31. The number of hydrogen-bond donors (Lipinski definition) is 2. The minimum atomic E-state index is -2.83. The van der Waals surface area contributed by atoms with Crippen LogP contribution < -0.4 is 15.4 Å². The Morgan fingerprint density at radius 3 is 2.62 bits per heavy atom. The molecule has 0 radical (unpaired) electrons. The molecular formula is C18H29F2IN4O. The highest BCUT2D eigenvalue weighted by Crippen LogP contribution is 2.21. The van der Waals surface area contributed by atoms with Gasteiger partial charge in [0.05, 0.1) is 6.54 Å². The number of rotatable bonds is 7. The van der Waals surface area contributed by atoms with Gasteiger partial charge in [-0.2, -0.15) is 8.78 Å². The molecular weight excluding hydrogens is 453 g/mol. The molecule has 0 bridgehead atoms. The molecule has 1 aliphatic rings. The van der Waals surface area contributed by atoms with Crippen LogP contribution in [0.5, 0.6) is 5.75 Å². The largest absolute Gasteiger partial charge is 0.434 e. The van der Waals surface area contributed by atoms with Crippen molar-refractivity contribution in [2.75, 3.05) is 33.2 Å². The van der Waals surface area contributed by atoms with Gasteiger partial charge in [0.1, 0.15) is 5.75 Å². The van der Waals surface area contributed by atoms with E-state index in [9.17, 15) is 8.78 Å². The normalized spacial score (nSPS) is 16.3. The van der Waals surface area contributed by atoms with Crippen molar-refractivity contribution < 1.29 is 13.5 Å². The number of likely N-dealkylation sites (tertiary alicyclic amines) is 1. The maximum absolute atomic E-state index is 12.5. The molecule has 148 valence electrons. The lowest BCUT2D eigenvalue weighted by molar-refractivity contribution is -0.0504. The van der Waals surface area contributed by atoms with E-state index in [1.807, 2.05) is 6.92 Å². The van der Waals surface area contributed by atoms with Crippen LogP contribution in [0, 0.1) is 5.92 Å². The minimum absolute atomic E-state index is 0. The van der Waals surface area contributed by atoms with E-state index in [4.69, 9.17) is 0 Å². The van der Waals surface area contributed by atoms with Crippen molar-refractivity contribution in [1.82, 2.24) is 15.5 Å². The molecule has 1 saturated heterocycles. The van der Waals surface area contributed by atoms with E-state index in [0.717, 1.165) is 26.2 Å². The van der Waals surface area contributed by atoms with Crippen LogP contribution in [0.25, 0.3) is 0 Å². The Labute approximate surface area is 171 Å². The highest BCUT2D eigenvalue weighted by molar-refractivity contribution is 14.0. The Bertz CT molecular complexity index is 552. The van der Waals surface area contributed by atoms with Gasteiger partial charge in [-0.05, 0) is 51.9 Å². The Balaban J connectivity index is 0.00000338. The Morgan fingerprint density at radius 2 is 1.96 bits per heavy atom. The first-order chi connectivity index (χ1) is 12.1. The second-order valence-electron chi connectivity index (χ2n) is 6.31. The van der Waals surface area contributed by atoms with Gasteiger partial charge in [0, 0.05) is 18.7 Å². The Kier molecular flexibility index (Phi) is 10.8. The summed E-state index contributed by atoms with van der Waals surface area (Å²) in [4.78, 5) is 6.85. The molecule has 5 nitrogen and oxygen atoms in total. The fourth-order valence-electron chi connectivity index (χ4n) is 2.86. The van der Waals surface area contributed by atoms with Gasteiger partial charge in [-0.1, -0.05) is 18.2 Å². The van der Waals surface area contributed by atoms with Crippen LogP contribution in [0.4, 0.5) is 8.78 Å². The van der Waals surface area contributed by atoms with E-state index in [-0.39, 0.29) is 36.3 Å². The van der Waals surface area contributed by atoms with Crippen LogP contribution in [0.1, 0.15) is 25.3 Å². The van der Waals surface area contributed by atoms with Crippen molar-refractivity contribution in [2.24, 2.45) is 10.9 Å². The van der Waals surface area contributed by atoms with Crippen molar-refractivity contribution in [3.63, 3.8) is 0 Å². The highest BCUT2D eigenvalue weighted by atomic mass is 127. The van der Waals surface area contributed by atoms with Crippen LogP contribution in [0.2, 0.25) is 0 Å². The van der Waals surface area contributed by atoms with Gasteiger partial charge >= 0.3 is 6.61 Å². The minimum Gasteiger partial charge on any atom is -0.434 e. The predicted molar refractivity (Wildman–Crippen MR) is 112 cm³/mol. The number of piperidine rings is 1. The van der Waals surface area contributed by atoms with Gasteiger partial charge in [-0.15, -0.1) is 24.0 Å². The average Bonchev–Trinajstić information content (AvgIpc) is 2.59. The number of para-hydroxylation sites is 1. The maximum Gasteiger partial charge on any atom is 0.387 e. The van der Waals surface area contributed by atoms with E-state index in [2.05, 4.69) is 32.3 Å². The molecule has 0 amide bonds. The van der Waals surface area contributed by atoms with Crippen molar-refractivity contribution in [2.45, 2.75) is 32.9 Å². The lowest BCUT2D eigenvalue weighted by Crippen LogP contribution is -2.42. The molecule has 1 aromatic carbocycles. The lowest BCUT2D eigenvalue weighted by atomic mass is 9.97. The first-order valence-corrected chi connectivity index (χ1v) is 8.82. The molecule has 26 heavy (non-hydrogen) atoms. The number of hydrogen-bond acceptors (Lipinski definition) is 3. The Morgan fingerprint density at radius 1 is 1.27 bits per heavy atom. The molecule has 0 aliphatic carbocycles. The summed E-state index contributed by atoms with van der Waals surface area (Å²) in [5.74, 6) is 1.51. The van der Waals surface area contributed by atoms with E-state index in [1.54, 1.807) is 18.2 Å². The van der Waals surface area contributed by atoms with Crippen LogP contribution in [-0.2, 0) is 6.54 Å². The molecule has 0 atom stereocenters. The molecule has 1 aromatic rings.